The molecule has 5 nitrogen and oxygen atoms in total. The van der Waals surface area contributed by atoms with E-state index in [2.05, 4.69) is 41.0 Å². The Labute approximate surface area is 133 Å². The predicted molar refractivity (Wildman–Crippen MR) is 89.0 cm³/mol. The molecule has 0 spiro atoms. The Balaban J connectivity index is 2.07. The highest BCUT2D eigenvalue weighted by Gasteiger charge is 2.30. The second-order valence-electron chi connectivity index (χ2n) is 6.96. The molecule has 1 saturated heterocycles. The maximum atomic E-state index is 12.5. The molecule has 0 saturated carbocycles. The maximum absolute atomic E-state index is 12.5. The standard InChI is InChI=1S/C17H28N4O/c1-6-17(4,5)20-15(22)14-8-7-9-21(11-14)16-18-12(2)10-13(3)19-16/h10,14H,6-9,11H2,1-5H3,(H,20,22). The number of aryl methyl sites for hydroxylation is 2. The molecule has 1 fully saturated rings. The minimum Gasteiger partial charge on any atom is -0.351 e. The summed E-state index contributed by atoms with van der Waals surface area (Å²) in [5.41, 5.74) is 1.80. The predicted octanol–water partition coefficient (Wildman–Crippen LogP) is 2.61. The highest BCUT2D eigenvalue weighted by atomic mass is 16.2. The molecule has 0 bridgehead atoms. The number of anilines is 1. The zero-order valence-corrected chi connectivity index (χ0v) is 14.4. The highest BCUT2D eigenvalue weighted by Crippen LogP contribution is 2.22. The Hall–Kier alpha value is -1.65. The van der Waals surface area contributed by atoms with E-state index in [0.717, 1.165) is 43.1 Å². The summed E-state index contributed by atoms with van der Waals surface area (Å²) in [4.78, 5) is 23.7. The summed E-state index contributed by atoms with van der Waals surface area (Å²) in [7, 11) is 0. The number of nitrogens with one attached hydrogen (secondary N) is 1. The molecule has 2 rings (SSSR count). The van der Waals surface area contributed by atoms with Crippen LogP contribution in [0.3, 0.4) is 0 Å². The van der Waals surface area contributed by atoms with Crippen LogP contribution in [0.1, 0.15) is 51.4 Å². The van der Waals surface area contributed by atoms with Crippen molar-refractivity contribution in [2.24, 2.45) is 5.92 Å². The molecule has 22 heavy (non-hydrogen) atoms. The van der Waals surface area contributed by atoms with E-state index in [1.54, 1.807) is 0 Å². The Kier molecular flexibility index (Phi) is 5.04. The molecule has 2 heterocycles. The van der Waals surface area contributed by atoms with Crippen molar-refractivity contribution < 1.29 is 4.79 Å². The minimum absolute atomic E-state index is 0.0176. The van der Waals surface area contributed by atoms with E-state index in [1.807, 2.05) is 19.9 Å². The summed E-state index contributed by atoms with van der Waals surface area (Å²) in [5, 5.41) is 3.16. The van der Waals surface area contributed by atoms with Crippen molar-refractivity contribution in [3.8, 4) is 0 Å². The van der Waals surface area contributed by atoms with Crippen LogP contribution in [0.15, 0.2) is 6.07 Å². The zero-order chi connectivity index (χ0) is 16.3. The summed E-state index contributed by atoms with van der Waals surface area (Å²) in [6.45, 7) is 11.8. The SMILES string of the molecule is CCC(C)(C)NC(=O)C1CCCN(c2nc(C)cc(C)n2)C1. The van der Waals surface area contributed by atoms with Crippen molar-refractivity contribution in [3.05, 3.63) is 17.5 Å². The van der Waals surface area contributed by atoms with E-state index in [4.69, 9.17) is 0 Å². The van der Waals surface area contributed by atoms with Gasteiger partial charge in [-0.25, -0.2) is 9.97 Å². The average Bonchev–Trinajstić information content (AvgIpc) is 2.46. The molecule has 1 amide bonds. The van der Waals surface area contributed by atoms with Gasteiger partial charge in [0.1, 0.15) is 0 Å². The van der Waals surface area contributed by atoms with E-state index in [1.165, 1.54) is 0 Å². The number of amides is 1. The molecule has 1 aromatic heterocycles. The molecule has 1 atom stereocenters. The first-order chi connectivity index (χ1) is 10.3. The fraction of sp³-hybridized carbons (Fsp3) is 0.706. The lowest BCUT2D eigenvalue weighted by Gasteiger charge is -2.34. The van der Waals surface area contributed by atoms with Gasteiger partial charge in [0.25, 0.3) is 0 Å². The third-order valence-electron chi connectivity index (χ3n) is 4.39. The quantitative estimate of drug-likeness (QED) is 0.929. The Morgan fingerprint density at radius 3 is 2.59 bits per heavy atom. The number of rotatable bonds is 4. The van der Waals surface area contributed by atoms with Gasteiger partial charge in [-0.1, -0.05) is 6.92 Å². The summed E-state index contributed by atoms with van der Waals surface area (Å²) < 4.78 is 0. The van der Waals surface area contributed by atoms with Gasteiger partial charge in [0.2, 0.25) is 11.9 Å². The van der Waals surface area contributed by atoms with Crippen LogP contribution in [0.2, 0.25) is 0 Å². The van der Waals surface area contributed by atoms with Crippen molar-refractivity contribution in [2.45, 2.75) is 59.4 Å². The van der Waals surface area contributed by atoms with E-state index in [9.17, 15) is 4.79 Å². The van der Waals surface area contributed by atoms with Crippen LogP contribution in [-0.2, 0) is 4.79 Å². The largest absolute Gasteiger partial charge is 0.351 e. The van der Waals surface area contributed by atoms with Crippen LogP contribution in [-0.4, -0.2) is 34.5 Å². The van der Waals surface area contributed by atoms with Crippen molar-refractivity contribution in [1.29, 1.82) is 0 Å². The number of hydrogen-bond acceptors (Lipinski definition) is 4. The Bertz CT molecular complexity index is 521. The van der Waals surface area contributed by atoms with Gasteiger partial charge in [-0.15, -0.1) is 0 Å². The first kappa shape index (κ1) is 16.7. The number of hydrogen-bond donors (Lipinski definition) is 1. The molecule has 0 radical (unpaired) electrons. The van der Waals surface area contributed by atoms with Crippen LogP contribution in [0.25, 0.3) is 0 Å². The number of piperidine rings is 1. The van der Waals surface area contributed by atoms with Gasteiger partial charge in [-0.2, -0.15) is 0 Å². The molecule has 1 aliphatic heterocycles. The summed E-state index contributed by atoms with van der Waals surface area (Å²) in [6, 6.07) is 1.97. The molecule has 1 N–H and O–H groups in total. The molecule has 5 heteroatoms. The van der Waals surface area contributed by atoms with Gasteiger partial charge in [0.05, 0.1) is 5.92 Å². The van der Waals surface area contributed by atoms with E-state index >= 15 is 0 Å². The molecule has 122 valence electrons. The maximum Gasteiger partial charge on any atom is 0.225 e. The fourth-order valence-electron chi connectivity index (χ4n) is 2.75. The second-order valence-corrected chi connectivity index (χ2v) is 6.96. The normalized spacial score (nSPS) is 19.1. The van der Waals surface area contributed by atoms with Crippen LogP contribution in [0.5, 0.6) is 0 Å². The van der Waals surface area contributed by atoms with Crippen LogP contribution >= 0.6 is 0 Å². The smallest absolute Gasteiger partial charge is 0.225 e. The first-order valence-electron chi connectivity index (χ1n) is 8.20. The second kappa shape index (κ2) is 6.63. The minimum atomic E-state index is -0.143. The van der Waals surface area contributed by atoms with Crippen molar-refractivity contribution in [3.63, 3.8) is 0 Å². The number of aromatic nitrogens is 2. The molecular formula is C17H28N4O. The molecule has 1 unspecified atom stereocenters. The fourth-order valence-corrected chi connectivity index (χ4v) is 2.75. The summed E-state index contributed by atoms with van der Waals surface area (Å²) >= 11 is 0. The van der Waals surface area contributed by atoms with Crippen LogP contribution in [0, 0.1) is 19.8 Å². The van der Waals surface area contributed by atoms with Crippen LogP contribution < -0.4 is 10.2 Å². The van der Waals surface area contributed by atoms with E-state index < -0.39 is 0 Å². The number of carbonyl (C=O) groups is 1. The van der Waals surface area contributed by atoms with Crippen molar-refractivity contribution in [2.75, 3.05) is 18.0 Å². The van der Waals surface area contributed by atoms with Gasteiger partial charge in [-0.05, 0) is 53.0 Å². The highest BCUT2D eigenvalue weighted by molar-refractivity contribution is 5.80. The molecule has 0 aliphatic carbocycles. The third kappa shape index (κ3) is 4.18. The lowest BCUT2D eigenvalue weighted by molar-refractivity contribution is -0.126. The average molecular weight is 304 g/mol. The van der Waals surface area contributed by atoms with Gasteiger partial charge in [0, 0.05) is 30.0 Å². The van der Waals surface area contributed by atoms with Crippen LogP contribution in [0.4, 0.5) is 5.95 Å². The zero-order valence-electron chi connectivity index (χ0n) is 14.4. The van der Waals surface area contributed by atoms with Crippen molar-refractivity contribution >= 4 is 11.9 Å². The molecule has 0 aromatic carbocycles. The Morgan fingerprint density at radius 1 is 1.36 bits per heavy atom. The molecule has 1 aromatic rings. The molecular weight excluding hydrogens is 276 g/mol. The van der Waals surface area contributed by atoms with Crippen molar-refractivity contribution in [1.82, 2.24) is 15.3 Å². The summed E-state index contributed by atoms with van der Waals surface area (Å²) in [6.07, 6.45) is 2.86. The monoisotopic (exact) mass is 304 g/mol. The Morgan fingerprint density at radius 2 is 2.00 bits per heavy atom. The van der Waals surface area contributed by atoms with Gasteiger partial charge in [-0.3, -0.25) is 4.79 Å². The molecule has 1 aliphatic rings. The van der Waals surface area contributed by atoms with Gasteiger partial charge in [0.15, 0.2) is 0 Å². The van der Waals surface area contributed by atoms with E-state index in [0.29, 0.717) is 6.54 Å². The lowest BCUT2D eigenvalue weighted by atomic mass is 9.94. The van der Waals surface area contributed by atoms with E-state index in [-0.39, 0.29) is 17.4 Å². The lowest BCUT2D eigenvalue weighted by Crippen LogP contribution is -2.50. The van der Waals surface area contributed by atoms with Gasteiger partial charge < -0.3 is 10.2 Å². The topological polar surface area (TPSA) is 58.1 Å². The third-order valence-corrected chi connectivity index (χ3v) is 4.39. The number of nitrogens with zero attached hydrogens (tertiary/aromatic N) is 3. The summed E-state index contributed by atoms with van der Waals surface area (Å²) in [5.74, 6) is 0.926. The first-order valence-corrected chi connectivity index (χ1v) is 8.20. The number of carbonyl (C=O) groups excluding carboxylic acids is 1. The van der Waals surface area contributed by atoms with Gasteiger partial charge >= 0.3 is 0 Å².